The number of hydrogen-bond donors (Lipinski definition) is 1. The maximum absolute atomic E-state index is 12.4. The number of nitrogens with zero attached hydrogens (tertiary/aromatic N) is 1. The largest absolute Gasteiger partial charge is 0.624 e. The van der Waals surface area contributed by atoms with Gasteiger partial charge in [-0.25, -0.2) is 4.74 Å². The number of halogens is 1. The van der Waals surface area contributed by atoms with Gasteiger partial charge in [-0.3, -0.25) is 0 Å². The third-order valence-electron chi connectivity index (χ3n) is 4.66. The molecule has 0 bridgehead atoms. The van der Waals surface area contributed by atoms with Crippen LogP contribution >= 0.6 is 22.6 Å². The summed E-state index contributed by atoms with van der Waals surface area (Å²) >= 11 is 2.31. The summed E-state index contributed by atoms with van der Waals surface area (Å²) in [6.07, 6.45) is 3.60. The third-order valence-corrected chi connectivity index (χ3v) is 5.38. The zero-order chi connectivity index (χ0) is 15.9. The van der Waals surface area contributed by atoms with Gasteiger partial charge in [0.15, 0.2) is 11.8 Å². The maximum atomic E-state index is 12.4. The number of nitrogens with one attached hydrogen (secondary N) is 1. The van der Waals surface area contributed by atoms with Gasteiger partial charge in [0.05, 0.1) is 6.42 Å². The molecule has 1 aliphatic rings. The lowest BCUT2D eigenvalue weighted by molar-refractivity contribution is -0.506. The normalized spacial score (nSPS) is 20.6. The average molecular weight is 408 g/mol. The number of benzene rings is 1. The summed E-state index contributed by atoms with van der Waals surface area (Å²) < 4.78 is 2.45. The van der Waals surface area contributed by atoms with Crippen LogP contribution < -0.4 is 0 Å². The Kier molecular flexibility index (Phi) is 4.05. The van der Waals surface area contributed by atoms with Gasteiger partial charge in [0.1, 0.15) is 0 Å². The smallest absolute Gasteiger partial charge is 0.174 e. The van der Waals surface area contributed by atoms with Crippen molar-refractivity contribution in [2.45, 2.75) is 39.7 Å². The molecule has 1 atom stereocenters. The molecule has 0 spiro atoms. The second kappa shape index (κ2) is 5.72. The fourth-order valence-corrected chi connectivity index (χ4v) is 3.82. The highest BCUT2D eigenvalue weighted by atomic mass is 127. The molecule has 2 aromatic rings. The van der Waals surface area contributed by atoms with Crippen molar-refractivity contribution >= 4 is 28.3 Å². The summed E-state index contributed by atoms with van der Waals surface area (Å²) in [6.45, 7) is 6.32. The van der Waals surface area contributed by atoms with Crippen molar-refractivity contribution in [2.24, 2.45) is 5.41 Å². The van der Waals surface area contributed by atoms with Crippen LogP contribution in [-0.2, 0) is 6.42 Å². The van der Waals surface area contributed by atoms with Crippen LogP contribution in [0, 0.1) is 14.2 Å². The SMILES string of the molecule is CC1=[N+]([O-])C(Cc2[nH]ccc2-c2ccc(I)cc2)C(C)(C)C1. The average Bonchev–Trinajstić information content (AvgIpc) is 2.99. The number of H-pyrrole nitrogens is 1. The van der Waals surface area contributed by atoms with E-state index >= 15 is 0 Å². The first-order valence-corrected chi connectivity index (χ1v) is 8.67. The Bertz CT molecular complexity index is 713. The first-order chi connectivity index (χ1) is 10.4. The monoisotopic (exact) mass is 408 g/mol. The van der Waals surface area contributed by atoms with Gasteiger partial charge < -0.3 is 10.2 Å². The molecule has 0 fully saturated rings. The van der Waals surface area contributed by atoms with E-state index in [1.807, 2.05) is 13.1 Å². The van der Waals surface area contributed by atoms with Crippen molar-refractivity contribution < 1.29 is 4.74 Å². The molecule has 4 heteroatoms. The van der Waals surface area contributed by atoms with Crippen molar-refractivity contribution in [3.05, 3.63) is 51.0 Å². The molecule has 1 unspecified atom stereocenters. The van der Waals surface area contributed by atoms with E-state index < -0.39 is 0 Å². The Morgan fingerprint density at radius 1 is 1.27 bits per heavy atom. The van der Waals surface area contributed by atoms with E-state index in [1.165, 1.54) is 19.4 Å². The molecular weight excluding hydrogens is 387 g/mol. The predicted octanol–water partition coefficient (Wildman–Crippen LogP) is 4.60. The van der Waals surface area contributed by atoms with E-state index in [0.717, 1.165) is 24.2 Å². The topological polar surface area (TPSA) is 41.9 Å². The van der Waals surface area contributed by atoms with Gasteiger partial charge in [-0.15, -0.1) is 0 Å². The predicted molar refractivity (Wildman–Crippen MR) is 99.1 cm³/mol. The highest BCUT2D eigenvalue weighted by Crippen LogP contribution is 2.36. The van der Waals surface area contributed by atoms with Gasteiger partial charge in [0, 0.05) is 39.8 Å². The fourth-order valence-electron chi connectivity index (χ4n) is 3.46. The number of aromatic nitrogens is 1. The van der Waals surface area contributed by atoms with Gasteiger partial charge in [-0.2, -0.15) is 0 Å². The van der Waals surface area contributed by atoms with E-state index in [2.05, 4.69) is 71.8 Å². The Morgan fingerprint density at radius 3 is 2.55 bits per heavy atom. The van der Waals surface area contributed by atoms with Crippen LogP contribution in [0.3, 0.4) is 0 Å². The van der Waals surface area contributed by atoms with Crippen molar-refractivity contribution in [2.75, 3.05) is 0 Å². The van der Waals surface area contributed by atoms with Crippen LogP contribution in [0.1, 0.15) is 32.9 Å². The van der Waals surface area contributed by atoms with Crippen LogP contribution in [0.25, 0.3) is 11.1 Å². The van der Waals surface area contributed by atoms with Crippen LogP contribution in [0.5, 0.6) is 0 Å². The molecule has 116 valence electrons. The van der Waals surface area contributed by atoms with E-state index in [1.54, 1.807) is 0 Å². The molecule has 3 nitrogen and oxygen atoms in total. The summed E-state index contributed by atoms with van der Waals surface area (Å²) in [7, 11) is 0. The van der Waals surface area contributed by atoms with Crippen LogP contribution in [0.4, 0.5) is 0 Å². The lowest BCUT2D eigenvalue weighted by atomic mass is 9.80. The minimum atomic E-state index is -0.00579. The van der Waals surface area contributed by atoms with Gasteiger partial charge in [0.2, 0.25) is 0 Å². The Labute approximate surface area is 145 Å². The van der Waals surface area contributed by atoms with Crippen LogP contribution in [0.15, 0.2) is 36.5 Å². The van der Waals surface area contributed by atoms with Crippen LogP contribution in [0.2, 0.25) is 0 Å². The molecule has 1 N–H and O–H groups in total. The minimum Gasteiger partial charge on any atom is -0.624 e. The van der Waals surface area contributed by atoms with Gasteiger partial charge in [-0.1, -0.05) is 26.0 Å². The highest BCUT2D eigenvalue weighted by molar-refractivity contribution is 14.1. The molecule has 0 saturated heterocycles. The maximum Gasteiger partial charge on any atom is 0.174 e. The minimum absolute atomic E-state index is 0.00579. The molecule has 3 rings (SSSR count). The van der Waals surface area contributed by atoms with Gasteiger partial charge in [0.25, 0.3) is 0 Å². The standard InChI is InChI=1S/C18H21IN2O/c1-12-11-18(2,3)17(21(12)22)10-16-15(8-9-20-16)13-4-6-14(19)7-5-13/h4-9,17,20H,10-11H2,1-3H3. The Balaban J connectivity index is 1.92. The number of hydrogen-bond acceptors (Lipinski definition) is 1. The Morgan fingerprint density at radius 2 is 1.95 bits per heavy atom. The first kappa shape index (κ1) is 15.6. The molecule has 2 heterocycles. The lowest BCUT2D eigenvalue weighted by Gasteiger charge is -2.24. The lowest BCUT2D eigenvalue weighted by Crippen LogP contribution is -2.33. The molecule has 0 radical (unpaired) electrons. The molecule has 1 aliphatic heterocycles. The van der Waals surface area contributed by atoms with E-state index in [-0.39, 0.29) is 11.5 Å². The van der Waals surface area contributed by atoms with Crippen molar-refractivity contribution in [1.82, 2.24) is 4.98 Å². The summed E-state index contributed by atoms with van der Waals surface area (Å²) in [5.41, 5.74) is 4.50. The molecule has 0 amide bonds. The molecule has 0 saturated carbocycles. The van der Waals surface area contributed by atoms with Gasteiger partial charge in [-0.05, 0) is 46.4 Å². The van der Waals surface area contributed by atoms with Crippen molar-refractivity contribution in [3.63, 3.8) is 0 Å². The summed E-state index contributed by atoms with van der Waals surface area (Å²) in [4.78, 5) is 3.34. The summed E-state index contributed by atoms with van der Waals surface area (Å²) in [5, 5.41) is 12.4. The van der Waals surface area contributed by atoms with E-state index in [0.29, 0.717) is 0 Å². The number of rotatable bonds is 3. The summed E-state index contributed by atoms with van der Waals surface area (Å²) in [6, 6.07) is 10.6. The van der Waals surface area contributed by atoms with Crippen molar-refractivity contribution in [1.29, 1.82) is 0 Å². The fraction of sp³-hybridized carbons (Fsp3) is 0.389. The first-order valence-electron chi connectivity index (χ1n) is 7.59. The molecular formula is C18H21IN2O. The molecule has 22 heavy (non-hydrogen) atoms. The quantitative estimate of drug-likeness (QED) is 0.450. The number of hydroxylamine groups is 1. The van der Waals surface area contributed by atoms with Crippen molar-refractivity contribution in [3.8, 4) is 11.1 Å². The van der Waals surface area contributed by atoms with Gasteiger partial charge >= 0.3 is 0 Å². The number of aromatic amines is 1. The highest BCUT2D eigenvalue weighted by Gasteiger charge is 2.44. The Hall–Kier alpha value is -1.30. The van der Waals surface area contributed by atoms with E-state index in [4.69, 9.17) is 0 Å². The molecule has 0 aliphatic carbocycles. The third kappa shape index (κ3) is 2.81. The molecule has 1 aromatic heterocycles. The van der Waals surface area contributed by atoms with Crippen LogP contribution in [-0.4, -0.2) is 21.5 Å². The second-order valence-electron chi connectivity index (χ2n) is 6.82. The zero-order valence-electron chi connectivity index (χ0n) is 13.2. The zero-order valence-corrected chi connectivity index (χ0v) is 15.3. The summed E-state index contributed by atoms with van der Waals surface area (Å²) in [5.74, 6) is 0. The molecule has 1 aromatic carbocycles. The second-order valence-corrected chi connectivity index (χ2v) is 8.07. The van der Waals surface area contributed by atoms with E-state index in [9.17, 15) is 5.21 Å².